The minimum atomic E-state index is -1.15. The van der Waals surface area contributed by atoms with Gasteiger partial charge >= 0.3 is 0 Å². The topological polar surface area (TPSA) is 132 Å². The van der Waals surface area contributed by atoms with Crippen LogP contribution in [-0.4, -0.2) is 64.0 Å². The molecule has 2 atom stereocenters. The van der Waals surface area contributed by atoms with E-state index in [0.717, 1.165) is 30.4 Å². The summed E-state index contributed by atoms with van der Waals surface area (Å²) in [4.78, 5) is 46.8. The van der Waals surface area contributed by atoms with E-state index in [-0.39, 0.29) is 36.5 Å². The number of imidazole rings is 1. The molecule has 4 rings (SSSR count). The molecule has 1 unspecified atom stereocenters. The van der Waals surface area contributed by atoms with Crippen LogP contribution in [0.1, 0.15) is 64.5 Å². The van der Waals surface area contributed by atoms with Crippen LogP contribution >= 0.6 is 24.8 Å². The summed E-state index contributed by atoms with van der Waals surface area (Å²) in [6.45, 7) is 8.66. The zero-order valence-corrected chi connectivity index (χ0v) is 29.0. The van der Waals surface area contributed by atoms with Crippen molar-refractivity contribution in [2.45, 2.75) is 76.9 Å². The number of hydrogen-bond acceptors (Lipinski definition) is 6. The third-order valence-corrected chi connectivity index (χ3v) is 8.50. The van der Waals surface area contributed by atoms with E-state index >= 15 is 0 Å². The van der Waals surface area contributed by atoms with E-state index < -0.39 is 28.9 Å². The van der Waals surface area contributed by atoms with Gasteiger partial charge in [-0.3, -0.25) is 14.4 Å². The number of carbonyl (C=O) groups excluding carboxylic acids is 3. The van der Waals surface area contributed by atoms with Gasteiger partial charge in [-0.1, -0.05) is 49.4 Å². The number of likely N-dealkylation sites (tertiary alicyclic amines) is 1. The lowest BCUT2D eigenvalue weighted by atomic mass is 9.88. The van der Waals surface area contributed by atoms with E-state index in [2.05, 4.69) is 22.5 Å². The standard InChI is InChI=1S/C34H46N6O4.2ClH/c1-24-18-20-39(21-19-24)32(43)34(4,26-14-16-27(44-5)17-15-26)40-22-29(36-23-40)38-30(41)28(37-31(42)33(2,3)35)13-9-12-25-10-7-6-8-11-25;;/h6-8,10-11,14-17,22-24,28H,9,12-13,18-21,35H2,1-5H3,(H,37,42)(H,38,41);2*1H/t28-,34?;;/m1../s1. The molecule has 0 aliphatic carbocycles. The fourth-order valence-corrected chi connectivity index (χ4v) is 5.43. The van der Waals surface area contributed by atoms with Crippen molar-refractivity contribution in [3.05, 3.63) is 78.2 Å². The molecule has 0 saturated carbocycles. The van der Waals surface area contributed by atoms with E-state index in [4.69, 9.17) is 10.5 Å². The van der Waals surface area contributed by atoms with Crippen molar-refractivity contribution < 1.29 is 19.1 Å². The lowest BCUT2D eigenvalue weighted by Gasteiger charge is -2.39. The summed E-state index contributed by atoms with van der Waals surface area (Å²) in [5, 5.41) is 5.68. The zero-order valence-electron chi connectivity index (χ0n) is 27.3. The Morgan fingerprint density at radius 2 is 1.65 bits per heavy atom. The van der Waals surface area contributed by atoms with Crippen LogP contribution in [-0.2, 0) is 26.3 Å². The fraction of sp³-hybridized carbons (Fsp3) is 0.471. The predicted molar refractivity (Wildman–Crippen MR) is 186 cm³/mol. The van der Waals surface area contributed by atoms with Crippen molar-refractivity contribution in [1.29, 1.82) is 0 Å². The molecular formula is C34H48Cl2N6O4. The third kappa shape index (κ3) is 9.47. The Bertz CT molecular complexity index is 1420. The Morgan fingerprint density at radius 1 is 1.02 bits per heavy atom. The number of carbonyl (C=O) groups is 3. The molecular weight excluding hydrogens is 627 g/mol. The molecule has 0 radical (unpaired) electrons. The third-order valence-electron chi connectivity index (χ3n) is 8.50. The van der Waals surface area contributed by atoms with Gasteiger partial charge < -0.3 is 30.6 Å². The van der Waals surface area contributed by atoms with Crippen LogP contribution in [0.4, 0.5) is 5.82 Å². The number of benzene rings is 2. The SMILES string of the molecule is COc1ccc(C(C)(C(=O)N2CCC(C)CC2)n2cnc(NC(=O)[C@@H](CCCc3ccccc3)NC(=O)C(C)(C)N)c2)cc1.Cl.Cl. The average molecular weight is 676 g/mol. The molecule has 1 aromatic heterocycles. The van der Waals surface area contributed by atoms with Crippen LogP contribution in [0, 0.1) is 5.92 Å². The molecule has 3 aromatic rings. The zero-order chi connectivity index (χ0) is 31.9. The number of ether oxygens (including phenoxy) is 1. The highest BCUT2D eigenvalue weighted by molar-refractivity contribution is 5.98. The molecule has 2 aromatic carbocycles. The van der Waals surface area contributed by atoms with Crippen LogP contribution in [0.3, 0.4) is 0 Å². The number of methoxy groups -OCH3 is 1. The molecule has 4 N–H and O–H groups in total. The maximum atomic E-state index is 14.2. The molecule has 1 aliphatic heterocycles. The molecule has 1 fully saturated rings. The molecule has 0 spiro atoms. The number of amides is 3. The maximum Gasteiger partial charge on any atom is 0.253 e. The Hall–Kier alpha value is -3.60. The van der Waals surface area contributed by atoms with Crippen molar-refractivity contribution >= 4 is 48.4 Å². The highest BCUT2D eigenvalue weighted by atomic mass is 35.5. The summed E-state index contributed by atoms with van der Waals surface area (Å²) in [7, 11) is 1.60. The van der Waals surface area contributed by atoms with Crippen LogP contribution in [0.25, 0.3) is 0 Å². The number of nitrogens with two attached hydrogens (primary N) is 1. The van der Waals surface area contributed by atoms with E-state index in [1.165, 1.54) is 0 Å². The Morgan fingerprint density at radius 3 is 2.24 bits per heavy atom. The lowest BCUT2D eigenvalue weighted by molar-refractivity contribution is -0.139. The highest BCUT2D eigenvalue weighted by Crippen LogP contribution is 2.32. The van der Waals surface area contributed by atoms with E-state index in [0.29, 0.717) is 37.6 Å². The monoisotopic (exact) mass is 674 g/mol. The molecule has 46 heavy (non-hydrogen) atoms. The van der Waals surface area contributed by atoms with Gasteiger partial charge in [0, 0.05) is 19.3 Å². The summed E-state index contributed by atoms with van der Waals surface area (Å²) < 4.78 is 7.09. The van der Waals surface area contributed by atoms with E-state index in [1.807, 2.05) is 66.4 Å². The van der Waals surface area contributed by atoms with Crippen LogP contribution < -0.4 is 21.1 Å². The van der Waals surface area contributed by atoms with E-state index in [9.17, 15) is 14.4 Å². The van der Waals surface area contributed by atoms with Gasteiger partial charge in [-0.15, -0.1) is 24.8 Å². The van der Waals surface area contributed by atoms with Gasteiger partial charge in [-0.25, -0.2) is 4.98 Å². The first kappa shape index (κ1) is 38.6. The first-order valence-corrected chi connectivity index (χ1v) is 15.3. The Labute approximate surface area is 284 Å². The lowest BCUT2D eigenvalue weighted by Crippen LogP contribution is -2.54. The number of halogens is 2. The molecule has 2 heterocycles. The number of anilines is 1. The van der Waals surface area contributed by atoms with Crippen LogP contribution in [0.5, 0.6) is 5.75 Å². The van der Waals surface area contributed by atoms with Gasteiger partial charge in [0.2, 0.25) is 11.8 Å². The summed E-state index contributed by atoms with van der Waals surface area (Å²) in [6, 6.07) is 16.6. The average Bonchev–Trinajstić information content (AvgIpc) is 3.49. The van der Waals surface area contributed by atoms with Gasteiger partial charge in [0.1, 0.15) is 17.3 Å². The first-order valence-electron chi connectivity index (χ1n) is 15.3. The molecule has 1 aliphatic rings. The minimum Gasteiger partial charge on any atom is -0.497 e. The van der Waals surface area contributed by atoms with Gasteiger partial charge in [-0.2, -0.15) is 0 Å². The predicted octanol–water partition coefficient (Wildman–Crippen LogP) is 4.94. The number of aromatic nitrogens is 2. The largest absolute Gasteiger partial charge is 0.497 e. The fourth-order valence-electron chi connectivity index (χ4n) is 5.43. The molecule has 1 saturated heterocycles. The van der Waals surface area contributed by atoms with Crippen LogP contribution in [0.2, 0.25) is 0 Å². The molecule has 12 heteroatoms. The number of rotatable bonds is 12. The number of nitrogens with zero attached hydrogens (tertiary/aromatic N) is 3. The molecule has 3 amide bonds. The number of hydrogen-bond donors (Lipinski definition) is 3. The van der Waals surface area contributed by atoms with E-state index in [1.54, 1.807) is 38.0 Å². The minimum absolute atomic E-state index is 0. The van der Waals surface area contributed by atoms with Gasteiger partial charge in [0.15, 0.2) is 5.82 Å². The van der Waals surface area contributed by atoms with Crippen molar-refractivity contribution in [3.8, 4) is 5.75 Å². The van der Waals surface area contributed by atoms with Crippen LogP contribution in [0.15, 0.2) is 67.1 Å². The molecule has 0 bridgehead atoms. The number of aryl methyl sites for hydroxylation is 1. The second kappa shape index (κ2) is 16.8. The maximum absolute atomic E-state index is 14.2. The van der Waals surface area contributed by atoms with Gasteiger partial charge in [0.05, 0.1) is 19.0 Å². The number of nitrogens with one attached hydrogen (secondary N) is 2. The van der Waals surface area contributed by atoms with Crippen molar-refractivity contribution in [2.24, 2.45) is 11.7 Å². The Balaban J connectivity index is 0.00000368. The highest BCUT2D eigenvalue weighted by Gasteiger charge is 2.41. The smallest absolute Gasteiger partial charge is 0.253 e. The summed E-state index contributed by atoms with van der Waals surface area (Å²) in [6.07, 6.45) is 7.00. The summed E-state index contributed by atoms with van der Waals surface area (Å²) >= 11 is 0. The Kier molecular flexibility index (Phi) is 14.1. The first-order chi connectivity index (χ1) is 20.9. The van der Waals surface area contributed by atoms with Crippen molar-refractivity contribution in [2.75, 3.05) is 25.5 Å². The second-order valence-electron chi connectivity index (χ2n) is 12.6. The second-order valence-corrected chi connectivity index (χ2v) is 12.6. The van der Waals surface area contributed by atoms with Crippen molar-refractivity contribution in [1.82, 2.24) is 19.8 Å². The van der Waals surface area contributed by atoms with Crippen molar-refractivity contribution in [3.63, 3.8) is 0 Å². The molecule has 252 valence electrons. The van der Waals surface area contributed by atoms with Gasteiger partial charge in [-0.05, 0) is 82.1 Å². The summed E-state index contributed by atoms with van der Waals surface area (Å²) in [5.41, 5.74) is 5.68. The molecule has 10 nitrogen and oxygen atoms in total. The van der Waals surface area contributed by atoms with Gasteiger partial charge in [0.25, 0.3) is 5.91 Å². The normalized spacial score (nSPS) is 15.4. The quantitative estimate of drug-likeness (QED) is 0.249. The summed E-state index contributed by atoms with van der Waals surface area (Å²) in [5.74, 6) is 0.687. The number of piperidine rings is 1.